The molecule has 1 aliphatic rings. The van der Waals surface area contributed by atoms with Crippen molar-refractivity contribution < 1.29 is 8.78 Å². The number of nitrogens with two attached hydrogens (primary N) is 1. The third-order valence-electron chi connectivity index (χ3n) is 2.56. The second-order valence-electron chi connectivity index (χ2n) is 3.39. The second kappa shape index (κ2) is 2.84. The van der Waals surface area contributed by atoms with Crippen LogP contribution >= 0.6 is 11.6 Å². The van der Waals surface area contributed by atoms with E-state index < -0.39 is 11.3 Å². The molecule has 14 heavy (non-hydrogen) atoms. The van der Waals surface area contributed by atoms with Gasteiger partial charge in [-0.1, -0.05) is 11.6 Å². The van der Waals surface area contributed by atoms with Crippen molar-refractivity contribution in [1.29, 1.82) is 0 Å². The number of hydrogen-bond acceptors (Lipinski definition) is 3. The average Bonchev–Trinajstić information content (AvgIpc) is 2.71. The summed E-state index contributed by atoms with van der Waals surface area (Å²) in [7, 11) is 0. The molecule has 0 bridgehead atoms. The van der Waals surface area contributed by atoms with E-state index >= 15 is 0 Å². The van der Waals surface area contributed by atoms with Gasteiger partial charge in [0.25, 0.3) is 5.92 Å². The van der Waals surface area contributed by atoms with Gasteiger partial charge in [-0.2, -0.15) is 0 Å². The Morgan fingerprint density at radius 2 is 2.07 bits per heavy atom. The van der Waals surface area contributed by atoms with Crippen molar-refractivity contribution in [2.24, 2.45) is 5.73 Å². The highest BCUT2D eigenvalue weighted by atomic mass is 35.5. The fourth-order valence-electron chi connectivity index (χ4n) is 1.50. The average molecular weight is 220 g/mol. The van der Waals surface area contributed by atoms with Crippen molar-refractivity contribution in [1.82, 2.24) is 9.97 Å². The highest BCUT2D eigenvalue weighted by Gasteiger charge is 2.72. The van der Waals surface area contributed by atoms with Gasteiger partial charge in [0.1, 0.15) is 5.15 Å². The summed E-state index contributed by atoms with van der Waals surface area (Å²) in [5, 5.41) is 0.185. The van der Waals surface area contributed by atoms with Crippen molar-refractivity contribution in [2.75, 3.05) is 6.54 Å². The molecular formula is C8H8ClF2N3. The Hall–Kier alpha value is -0.810. The van der Waals surface area contributed by atoms with E-state index in [1.165, 1.54) is 12.4 Å². The van der Waals surface area contributed by atoms with Crippen LogP contribution in [0.5, 0.6) is 0 Å². The van der Waals surface area contributed by atoms with Gasteiger partial charge < -0.3 is 5.73 Å². The first-order valence-corrected chi connectivity index (χ1v) is 4.45. The number of nitrogens with zero attached hydrogens (tertiary/aromatic N) is 2. The molecule has 2 rings (SSSR count). The molecule has 0 saturated heterocycles. The van der Waals surface area contributed by atoms with Crippen LogP contribution in [0.4, 0.5) is 8.78 Å². The Labute approximate surface area is 84.3 Å². The Morgan fingerprint density at radius 3 is 2.43 bits per heavy atom. The lowest BCUT2D eigenvalue weighted by molar-refractivity contribution is 0.0885. The summed E-state index contributed by atoms with van der Waals surface area (Å²) in [5.74, 6) is -2.76. The molecule has 1 aliphatic carbocycles. The standard InChI is InChI=1S/C8H8ClF2N3/c9-6-2-13-5(1-14-6)7(4-12)3-8(7,10)11/h1-2H,3-4,12H2. The fourth-order valence-corrected chi connectivity index (χ4v) is 1.60. The smallest absolute Gasteiger partial charge is 0.261 e. The van der Waals surface area contributed by atoms with Crippen molar-refractivity contribution in [3.63, 3.8) is 0 Å². The van der Waals surface area contributed by atoms with Crippen LogP contribution in [-0.2, 0) is 5.41 Å². The maximum Gasteiger partial charge on any atom is 0.261 e. The maximum atomic E-state index is 13.1. The predicted molar refractivity (Wildman–Crippen MR) is 47.3 cm³/mol. The van der Waals surface area contributed by atoms with Crippen molar-refractivity contribution in [3.8, 4) is 0 Å². The molecule has 1 fully saturated rings. The zero-order valence-electron chi connectivity index (χ0n) is 7.17. The number of hydrogen-bond donors (Lipinski definition) is 1. The van der Waals surface area contributed by atoms with Gasteiger partial charge in [0, 0.05) is 13.0 Å². The van der Waals surface area contributed by atoms with Crippen LogP contribution in [0.1, 0.15) is 12.1 Å². The minimum absolute atomic E-state index is 0.129. The molecule has 2 N–H and O–H groups in total. The molecule has 0 aromatic carbocycles. The van der Waals surface area contributed by atoms with Crippen molar-refractivity contribution in [3.05, 3.63) is 23.2 Å². The number of alkyl halides is 2. The SMILES string of the molecule is NCC1(c2cnc(Cl)cn2)CC1(F)F. The molecule has 1 unspecified atom stereocenters. The zero-order chi connectivity index (χ0) is 10.4. The number of aromatic nitrogens is 2. The quantitative estimate of drug-likeness (QED) is 0.817. The van der Waals surface area contributed by atoms with Gasteiger partial charge in [0.15, 0.2) is 0 Å². The Morgan fingerprint density at radius 1 is 1.43 bits per heavy atom. The summed E-state index contributed by atoms with van der Waals surface area (Å²) >= 11 is 5.50. The lowest BCUT2D eigenvalue weighted by Crippen LogP contribution is -2.27. The monoisotopic (exact) mass is 219 g/mol. The van der Waals surface area contributed by atoms with Crippen molar-refractivity contribution in [2.45, 2.75) is 17.8 Å². The lowest BCUT2D eigenvalue weighted by Gasteiger charge is -2.11. The molecule has 0 aliphatic heterocycles. The van der Waals surface area contributed by atoms with Crippen LogP contribution in [-0.4, -0.2) is 22.4 Å². The Bertz CT molecular complexity index is 354. The van der Waals surface area contributed by atoms with Gasteiger partial charge in [0.2, 0.25) is 0 Å². The first-order valence-electron chi connectivity index (χ1n) is 4.08. The summed E-state index contributed by atoms with van der Waals surface area (Å²) in [6.45, 7) is -0.129. The summed E-state index contributed by atoms with van der Waals surface area (Å²) < 4.78 is 26.1. The molecule has 76 valence electrons. The van der Waals surface area contributed by atoms with Crippen LogP contribution in [0, 0.1) is 0 Å². The summed E-state index contributed by atoms with van der Waals surface area (Å²) in [5.41, 5.74) is 4.24. The minimum atomic E-state index is -2.76. The van der Waals surface area contributed by atoms with Crippen molar-refractivity contribution >= 4 is 11.6 Å². The van der Waals surface area contributed by atoms with Gasteiger partial charge in [-0.05, 0) is 0 Å². The predicted octanol–water partition coefficient (Wildman–Crippen LogP) is 1.37. The normalized spacial score (nSPS) is 28.9. The highest BCUT2D eigenvalue weighted by molar-refractivity contribution is 6.29. The van der Waals surface area contributed by atoms with Crippen LogP contribution in [0.25, 0.3) is 0 Å². The van der Waals surface area contributed by atoms with E-state index in [4.69, 9.17) is 17.3 Å². The third-order valence-corrected chi connectivity index (χ3v) is 2.75. The Balaban J connectivity index is 2.36. The second-order valence-corrected chi connectivity index (χ2v) is 3.78. The first kappa shape index (κ1) is 9.73. The molecule has 1 saturated carbocycles. The molecule has 6 heteroatoms. The summed E-state index contributed by atoms with van der Waals surface area (Å²) in [6, 6.07) is 0. The third kappa shape index (κ3) is 1.19. The summed E-state index contributed by atoms with van der Waals surface area (Å²) in [6.07, 6.45) is 2.26. The van der Waals surface area contributed by atoms with Gasteiger partial charge in [-0.3, -0.25) is 4.98 Å². The highest BCUT2D eigenvalue weighted by Crippen LogP contribution is 2.60. The van der Waals surface area contributed by atoms with E-state index in [9.17, 15) is 8.78 Å². The molecular weight excluding hydrogens is 212 g/mol. The van der Waals surface area contributed by atoms with Gasteiger partial charge >= 0.3 is 0 Å². The summed E-state index contributed by atoms with van der Waals surface area (Å²) in [4.78, 5) is 7.54. The molecule has 1 aromatic rings. The van der Waals surface area contributed by atoms with E-state index in [-0.39, 0.29) is 23.8 Å². The molecule has 0 amide bonds. The van der Waals surface area contributed by atoms with E-state index in [0.29, 0.717) is 0 Å². The van der Waals surface area contributed by atoms with Gasteiger partial charge in [0.05, 0.1) is 23.5 Å². The number of halogens is 3. The minimum Gasteiger partial charge on any atom is -0.329 e. The fraction of sp³-hybridized carbons (Fsp3) is 0.500. The molecule has 0 spiro atoms. The van der Waals surface area contributed by atoms with Crippen LogP contribution in [0.3, 0.4) is 0 Å². The Kier molecular flexibility index (Phi) is 1.97. The van der Waals surface area contributed by atoms with Crippen LogP contribution < -0.4 is 5.73 Å². The van der Waals surface area contributed by atoms with Crippen LogP contribution in [0.2, 0.25) is 5.15 Å². The molecule has 3 nitrogen and oxygen atoms in total. The largest absolute Gasteiger partial charge is 0.329 e. The maximum absolute atomic E-state index is 13.1. The van der Waals surface area contributed by atoms with E-state index in [0.717, 1.165) is 0 Å². The molecule has 0 radical (unpaired) electrons. The topological polar surface area (TPSA) is 51.8 Å². The van der Waals surface area contributed by atoms with Crippen LogP contribution in [0.15, 0.2) is 12.4 Å². The first-order chi connectivity index (χ1) is 6.52. The number of rotatable bonds is 2. The van der Waals surface area contributed by atoms with E-state index in [2.05, 4.69) is 9.97 Å². The zero-order valence-corrected chi connectivity index (χ0v) is 7.93. The molecule has 1 atom stereocenters. The van der Waals surface area contributed by atoms with Gasteiger partial charge in [-0.25, -0.2) is 13.8 Å². The van der Waals surface area contributed by atoms with Gasteiger partial charge in [-0.15, -0.1) is 0 Å². The van der Waals surface area contributed by atoms with E-state index in [1.807, 2.05) is 0 Å². The molecule has 1 aromatic heterocycles. The van der Waals surface area contributed by atoms with E-state index in [1.54, 1.807) is 0 Å². The lowest BCUT2D eigenvalue weighted by atomic mass is 10.0. The molecule has 1 heterocycles.